The molecule has 0 N–H and O–H groups in total. The van der Waals surface area contributed by atoms with Crippen LogP contribution in [0.5, 0.6) is 5.75 Å². The summed E-state index contributed by atoms with van der Waals surface area (Å²) in [5.41, 5.74) is 2.47. The Morgan fingerprint density at radius 3 is 3.05 bits per heavy atom. The van der Waals surface area contributed by atoms with Crippen LogP contribution in [0, 0.1) is 0 Å². The van der Waals surface area contributed by atoms with Crippen LogP contribution in [0.4, 0.5) is 0 Å². The first-order valence-corrected chi connectivity index (χ1v) is 7.31. The molecule has 2 heterocycles. The van der Waals surface area contributed by atoms with Gasteiger partial charge in [0.05, 0.1) is 32.3 Å². The van der Waals surface area contributed by atoms with Crippen molar-refractivity contribution in [2.24, 2.45) is 0 Å². The summed E-state index contributed by atoms with van der Waals surface area (Å²) in [5.74, 6) is 0.901. The van der Waals surface area contributed by atoms with E-state index in [2.05, 4.69) is 17.0 Å². The van der Waals surface area contributed by atoms with Gasteiger partial charge in [-0.25, -0.2) is 0 Å². The third kappa shape index (κ3) is 3.86. The summed E-state index contributed by atoms with van der Waals surface area (Å²) in [6.45, 7) is 3.63. The Morgan fingerprint density at radius 1 is 1.29 bits per heavy atom. The second-order valence-electron chi connectivity index (χ2n) is 5.42. The van der Waals surface area contributed by atoms with Crippen LogP contribution in [0.15, 0.2) is 47.3 Å². The fourth-order valence-corrected chi connectivity index (χ4v) is 2.75. The van der Waals surface area contributed by atoms with Crippen LogP contribution in [0.1, 0.15) is 11.1 Å². The summed E-state index contributed by atoms with van der Waals surface area (Å²) in [6.07, 6.45) is 4.69. The van der Waals surface area contributed by atoms with E-state index in [4.69, 9.17) is 13.9 Å². The minimum Gasteiger partial charge on any atom is -0.497 e. The van der Waals surface area contributed by atoms with Crippen molar-refractivity contribution in [1.82, 2.24) is 4.90 Å². The van der Waals surface area contributed by atoms with Gasteiger partial charge in [0.2, 0.25) is 0 Å². The summed E-state index contributed by atoms with van der Waals surface area (Å²) in [5, 5.41) is 0. The predicted octanol–water partition coefficient (Wildman–Crippen LogP) is 2.73. The molecule has 1 fully saturated rings. The third-order valence-corrected chi connectivity index (χ3v) is 3.81. The van der Waals surface area contributed by atoms with Gasteiger partial charge in [0.1, 0.15) is 5.75 Å². The maximum absolute atomic E-state index is 5.90. The van der Waals surface area contributed by atoms with Crippen LogP contribution in [0.25, 0.3) is 0 Å². The molecule has 1 aliphatic heterocycles. The first kappa shape index (κ1) is 14.2. The molecule has 1 saturated heterocycles. The van der Waals surface area contributed by atoms with Crippen LogP contribution < -0.4 is 4.74 Å². The molecule has 4 heteroatoms. The van der Waals surface area contributed by atoms with E-state index in [9.17, 15) is 0 Å². The molecular weight excluding hydrogens is 266 g/mol. The van der Waals surface area contributed by atoms with Gasteiger partial charge in [-0.2, -0.15) is 0 Å². The van der Waals surface area contributed by atoms with Gasteiger partial charge in [0.15, 0.2) is 0 Å². The lowest BCUT2D eigenvalue weighted by molar-refractivity contribution is -0.0305. The standard InChI is InChI=1S/C17H21NO3/c1-19-16-4-2-3-14(9-16)10-17-12-18(6-8-21-17)11-15-5-7-20-13-15/h2-5,7,9,13,17H,6,8,10-12H2,1H3. The second kappa shape index (κ2) is 6.78. The molecule has 112 valence electrons. The number of methoxy groups -OCH3 is 1. The minimum absolute atomic E-state index is 0.234. The maximum atomic E-state index is 5.90. The SMILES string of the molecule is COc1cccc(CC2CN(Cc3ccoc3)CCO2)c1. The van der Waals surface area contributed by atoms with Crippen molar-refractivity contribution in [2.45, 2.75) is 19.1 Å². The Balaban J connectivity index is 1.58. The summed E-state index contributed by atoms with van der Waals surface area (Å²) in [7, 11) is 1.70. The highest BCUT2D eigenvalue weighted by atomic mass is 16.5. The molecule has 0 spiro atoms. The lowest BCUT2D eigenvalue weighted by atomic mass is 10.1. The summed E-state index contributed by atoms with van der Waals surface area (Å²) in [4.78, 5) is 2.42. The van der Waals surface area contributed by atoms with Gasteiger partial charge in [0, 0.05) is 31.6 Å². The molecule has 0 amide bonds. The third-order valence-electron chi connectivity index (χ3n) is 3.81. The van der Waals surface area contributed by atoms with Crippen molar-refractivity contribution in [2.75, 3.05) is 26.8 Å². The zero-order chi connectivity index (χ0) is 14.5. The first-order valence-electron chi connectivity index (χ1n) is 7.31. The van der Waals surface area contributed by atoms with E-state index in [0.717, 1.165) is 38.4 Å². The number of nitrogens with zero attached hydrogens (tertiary/aromatic N) is 1. The van der Waals surface area contributed by atoms with Gasteiger partial charge >= 0.3 is 0 Å². The Labute approximate surface area is 125 Å². The van der Waals surface area contributed by atoms with Crippen molar-refractivity contribution < 1.29 is 13.9 Å². The number of morpholine rings is 1. The zero-order valence-corrected chi connectivity index (χ0v) is 12.3. The number of hydrogen-bond donors (Lipinski definition) is 0. The lowest BCUT2D eigenvalue weighted by Gasteiger charge is -2.32. The number of rotatable bonds is 5. The molecule has 1 atom stereocenters. The van der Waals surface area contributed by atoms with Gasteiger partial charge in [-0.05, 0) is 23.8 Å². The molecule has 0 saturated carbocycles. The number of ether oxygens (including phenoxy) is 2. The molecule has 1 aromatic carbocycles. The number of hydrogen-bond acceptors (Lipinski definition) is 4. The second-order valence-corrected chi connectivity index (χ2v) is 5.42. The number of furan rings is 1. The van der Waals surface area contributed by atoms with Crippen molar-refractivity contribution >= 4 is 0 Å². The molecule has 21 heavy (non-hydrogen) atoms. The van der Waals surface area contributed by atoms with Crippen molar-refractivity contribution in [3.05, 3.63) is 54.0 Å². The van der Waals surface area contributed by atoms with Crippen LogP contribution in [0.3, 0.4) is 0 Å². The normalized spacial score (nSPS) is 19.6. The highest BCUT2D eigenvalue weighted by Crippen LogP contribution is 2.18. The van der Waals surface area contributed by atoms with Crippen LogP contribution >= 0.6 is 0 Å². The van der Waals surface area contributed by atoms with Gasteiger partial charge in [-0.1, -0.05) is 12.1 Å². The van der Waals surface area contributed by atoms with E-state index < -0.39 is 0 Å². The average molecular weight is 287 g/mol. The van der Waals surface area contributed by atoms with E-state index in [1.807, 2.05) is 24.5 Å². The Morgan fingerprint density at radius 2 is 2.24 bits per heavy atom. The van der Waals surface area contributed by atoms with E-state index in [1.54, 1.807) is 13.4 Å². The Hall–Kier alpha value is -1.78. The quantitative estimate of drug-likeness (QED) is 0.847. The lowest BCUT2D eigenvalue weighted by Crippen LogP contribution is -2.42. The molecule has 1 unspecified atom stereocenters. The molecule has 1 aromatic heterocycles. The Kier molecular flexibility index (Phi) is 4.58. The summed E-state index contributed by atoms with van der Waals surface area (Å²) in [6, 6.07) is 10.2. The van der Waals surface area contributed by atoms with E-state index in [-0.39, 0.29) is 6.10 Å². The van der Waals surface area contributed by atoms with Crippen molar-refractivity contribution in [3.63, 3.8) is 0 Å². The molecule has 0 bridgehead atoms. The summed E-state index contributed by atoms with van der Waals surface area (Å²) >= 11 is 0. The van der Waals surface area contributed by atoms with E-state index >= 15 is 0 Å². The maximum Gasteiger partial charge on any atom is 0.119 e. The zero-order valence-electron chi connectivity index (χ0n) is 12.3. The highest BCUT2D eigenvalue weighted by Gasteiger charge is 2.21. The molecular formula is C17H21NO3. The van der Waals surface area contributed by atoms with Crippen LogP contribution in [0.2, 0.25) is 0 Å². The van der Waals surface area contributed by atoms with Crippen LogP contribution in [-0.2, 0) is 17.7 Å². The average Bonchev–Trinajstić information content (AvgIpc) is 3.01. The van der Waals surface area contributed by atoms with Gasteiger partial charge in [-0.15, -0.1) is 0 Å². The van der Waals surface area contributed by atoms with Crippen LogP contribution in [-0.4, -0.2) is 37.8 Å². The number of benzene rings is 1. The molecule has 4 nitrogen and oxygen atoms in total. The smallest absolute Gasteiger partial charge is 0.119 e. The molecule has 0 aliphatic carbocycles. The predicted molar refractivity (Wildman–Crippen MR) is 80.4 cm³/mol. The van der Waals surface area contributed by atoms with E-state index in [0.29, 0.717) is 0 Å². The molecule has 2 aromatic rings. The molecule has 3 rings (SSSR count). The molecule has 0 radical (unpaired) electrons. The monoisotopic (exact) mass is 287 g/mol. The molecule has 1 aliphatic rings. The topological polar surface area (TPSA) is 34.8 Å². The Bertz CT molecular complexity index is 553. The van der Waals surface area contributed by atoms with Gasteiger partial charge in [0.25, 0.3) is 0 Å². The largest absolute Gasteiger partial charge is 0.497 e. The van der Waals surface area contributed by atoms with Crippen molar-refractivity contribution in [3.8, 4) is 5.75 Å². The fourth-order valence-electron chi connectivity index (χ4n) is 2.75. The van der Waals surface area contributed by atoms with Gasteiger partial charge in [-0.3, -0.25) is 4.90 Å². The minimum atomic E-state index is 0.234. The van der Waals surface area contributed by atoms with E-state index in [1.165, 1.54) is 11.1 Å². The van der Waals surface area contributed by atoms with Gasteiger partial charge < -0.3 is 13.9 Å². The first-order chi connectivity index (χ1) is 10.3. The summed E-state index contributed by atoms with van der Waals surface area (Å²) < 4.78 is 16.3. The highest BCUT2D eigenvalue weighted by molar-refractivity contribution is 5.28. The fraction of sp³-hybridized carbons (Fsp3) is 0.412. The van der Waals surface area contributed by atoms with Crippen molar-refractivity contribution in [1.29, 1.82) is 0 Å².